The molecule has 2 amide bonds. The zero-order valence-electron chi connectivity index (χ0n) is 18.3. The van der Waals surface area contributed by atoms with Crippen molar-refractivity contribution in [3.05, 3.63) is 41.0 Å². The predicted octanol–water partition coefficient (Wildman–Crippen LogP) is 3.38. The van der Waals surface area contributed by atoms with Crippen LogP contribution in [0, 0.1) is 5.41 Å². The van der Waals surface area contributed by atoms with Crippen LogP contribution in [0.3, 0.4) is 0 Å². The second kappa shape index (κ2) is 9.00. The maximum absolute atomic E-state index is 13.4. The van der Waals surface area contributed by atoms with Gasteiger partial charge in [0, 0.05) is 24.1 Å². The Morgan fingerprint density at radius 1 is 1.13 bits per heavy atom. The number of carbonyl (C=O) groups excluding carboxylic acids is 2. The van der Waals surface area contributed by atoms with Gasteiger partial charge in [0.25, 0.3) is 5.91 Å². The molecule has 0 fully saturated rings. The van der Waals surface area contributed by atoms with Gasteiger partial charge in [-0.2, -0.15) is 0 Å². The molecule has 8 nitrogen and oxygen atoms in total. The molecule has 1 aromatic heterocycles. The molecule has 2 aromatic rings. The zero-order chi connectivity index (χ0) is 23.6. The molecular formula is C21H28ClN3O5S. The molecule has 0 spiro atoms. The topological polar surface area (TPSA) is 124 Å². The molecule has 0 aliphatic rings. The molecule has 1 aromatic carbocycles. The van der Waals surface area contributed by atoms with Crippen LogP contribution in [0.1, 0.15) is 46.7 Å². The van der Waals surface area contributed by atoms with Gasteiger partial charge in [-0.15, -0.1) is 0 Å². The summed E-state index contributed by atoms with van der Waals surface area (Å²) >= 11 is 5.85. The number of sulfone groups is 1. The van der Waals surface area contributed by atoms with Crippen molar-refractivity contribution in [3.8, 4) is 0 Å². The van der Waals surface area contributed by atoms with Gasteiger partial charge in [0.1, 0.15) is 4.75 Å². The van der Waals surface area contributed by atoms with Gasteiger partial charge in [-0.1, -0.05) is 37.5 Å². The zero-order valence-corrected chi connectivity index (χ0v) is 19.9. The lowest BCUT2D eigenvalue weighted by Crippen LogP contribution is -2.51. The van der Waals surface area contributed by atoms with E-state index in [4.69, 9.17) is 21.9 Å². The van der Waals surface area contributed by atoms with Crippen molar-refractivity contribution in [1.82, 2.24) is 5.16 Å². The molecule has 2 rings (SSSR count). The highest BCUT2D eigenvalue weighted by Crippen LogP contribution is 2.31. The highest BCUT2D eigenvalue weighted by molar-refractivity contribution is 7.93. The van der Waals surface area contributed by atoms with Crippen molar-refractivity contribution in [1.29, 1.82) is 0 Å². The largest absolute Gasteiger partial charge is 0.370 e. The minimum absolute atomic E-state index is 0.0453. The minimum Gasteiger partial charge on any atom is -0.370 e. The Bertz CT molecular complexity index is 1050. The predicted molar refractivity (Wildman–Crippen MR) is 119 cm³/mol. The van der Waals surface area contributed by atoms with Crippen molar-refractivity contribution >= 4 is 39.1 Å². The summed E-state index contributed by atoms with van der Waals surface area (Å²) in [6.45, 7) is 8.56. The van der Waals surface area contributed by atoms with Gasteiger partial charge in [0.2, 0.25) is 11.8 Å². The van der Waals surface area contributed by atoms with E-state index in [-0.39, 0.29) is 29.2 Å². The number of carbonyl (C=O) groups is 2. The van der Waals surface area contributed by atoms with Gasteiger partial charge in [-0.05, 0) is 49.9 Å². The van der Waals surface area contributed by atoms with E-state index in [0.29, 0.717) is 17.1 Å². The van der Waals surface area contributed by atoms with Crippen molar-refractivity contribution in [3.63, 3.8) is 0 Å². The molecule has 0 radical (unpaired) electrons. The Kier molecular flexibility index (Phi) is 7.22. The number of rotatable bonds is 8. The summed E-state index contributed by atoms with van der Waals surface area (Å²) in [4.78, 5) is 25.9. The first-order chi connectivity index (χ1) is 14.1. The lowest BCUT2D eigenvalue weighted by atomic mass is 9.91. The Morgan fingerprint density at radius 2 is 1.71 bits per heavy atom. The molecule has 170 valence electrons. The number of nitrogens with two attached hydrogens (primary N) is 1. The molecule has 0 unspecified atom stereocenters. The van der Waals surface area contributed by atoms with Crippen LogP contribution in [-0.2, 0) is 25.8 Å². The molecule has 0 saturated carbocycles. The first-order valence-corrected chi connectivity index (χ1v) is 11.6. The van der Waals surface area contributed by atoms with Crippen LogP contribution in [0.15, 0.2) is 39.8 Å². The molecule has 0 aliphatic carbocycles. The van der Waals surface area contributed by atoms with Gasteiger partial charge in [0.15, 0.2) is 9.84 Å². The lowest BCUT2D eigenvalue weighted by molar-refractivity contribution is -0.120. The number of amides is 2. The van der Waals surface area contributed by atoms with Crippen molar-refractivity contribution in [2.75, 3.05) is 11.4 Å². The highest BCUT2D eigenvalue weighted by atomic mass is 35.5. The molecule has 1 heterocycles. The molecule has 31 heavy (non-hydrogen) atoms. The Balaban J connectivity index is 2.44. The number of hydrogen-bond donors (Lipinski definition) is 1. The second-order valence-electron chi connectivity index (χ2n) is 9.03. The number of benzene rings is 1. The average Bonchev–Trinajstić information content (AvgIpc) is 3.07. The summed E-state index contributed by atoms with van der Waals surface area (Å²) in [5, 5.41) is 4.37. The fourth-order valence-corrected chi connectivity index (χ4v) is 4.49. The van der Waals surface area contributed by atoms with Gasteiger partial charge >= 0.3 is 0 Å². The van der Waals surface area contributed by atoms with E-state index in [0.717, 1.165) is 4.90 Å². The number of aromatic nitrogens is 1. The Hall–Kier alpha value is -2.39. The molecule has 0 bridgehead atoms. The van der Waals surface area contributed by atoms with Crippen LogP contribution in [0.4, 0.5) is 5.88 Å². The second-order valence-corrected chi connectivity index (χ2v) is 12.0. The summed E-state index contributed by atoms with van der Waals surface area (Å²) in [7, 11) is -4.10. The number of halogens is 1. The monoisotopic (exact) mass is 469 g/mol. The van der Waals surface area contributed by atoms with Crippen molar-refractivity contribution in [2.24, 2.45) is 11.1 Å². The normalized spacial score (nSPS) is 12.6. The fourth-order valence-electron chi connectivity index (χ4n) is 2.94. The average molecular weight is 470 g/mol. The van der Waals surface area contributed by atoms with Crippen molar-refractivity contribution < 1.29 is 22.5 Å². The number of anilines is 1. The summed E-state index contributed by atoms with van der Waals surface area (Å²) in [6.07, 6.45) is 0.416. The Labute approximate surface area is 187 Å². The molecule has 2 N–H and O–H groups in total. The summed E-state index contributed by atoms with van der Waals surface area (Å²) < 4.78 is 30.0. The fraction of sp³-hybridized carbons (Fsp3) is 0.476. The molecule has 10 heteroatoms. The number of hydrogen-bond acceptors (Lipinski definition) is 6. The third-order valence-corrected chi connectivity index (χ3v) is 7.32. The smallest absolute Gasteiger partial charge is 0.250 e. The van der Waals surface area contributed by atoms with Crippen LogP contribution in [0.5, 0.6) is 0 Å². The maximum Gasteiger partial charge on any atom is 0.250 e. The number of primary amides is 1. The van der Waals surface area contributed by atoms with E-state index in [1.165, 1.54) is 38.1 Å². The van der Waals surface area contributed by atoms with E-state index in [9.17, 15) is 18.0 Å². The van der Waals surface area contributed by atoms with E-state index in [1.54, 1.807) is 6.07 Å². The molecule has 0 atom stereocenters. The molecule has 0 saturated heterocycles. The van der Waals surface area contributed by atoms with Crippen LogP contribution < -0.4 is 10.6 Å². The summed E-state index contributed by atoms with van der Waals surface area (Å²) in [5.41, 5.74) is 5.79. The van der Waals surface area contributed by atoms with Crippen LogP contribution in [0.2, 0.25) is 5.02 Å². The maximum atomic E-state index is 13.4. The first kappa shape index (κ1) is 24.9. The van der Waals surface area contributed by atoms with Crippen molar-refractivity contribution in [2.45, 2.75) is 57.1 Å². The van der Waals surface area contributed by atoms with Gasteiger partial charge < -0.3 is 10.3 Å². The van der Waals surface area contributed by atoms with Gasteiger partial charge in [-0.25, -0.2) is 8.42 Å². The van der Waals surface area contributed by atoms with E-state index < -0.39 is 26.4 Å². The number of nitrogens with zero attached hydrogens (tertiary/aromatic N) is 2. The standard InChI is InChI=1S/C21H28ClN3O5S/c1-20(2,3)13-15-12-18(30-24-15)25(11-10-17(23)26)19(27)21(4,5)31(28,29)16-8-6-14(22)7-9-16/h6-9,12H,10-11,13H2,1-5H3,(H2,23,26). The Morgan fingerprint density at radius 3 is 2.23 bits per heavy atom. The summed E-state index contributed by atoms with van der Waals surface area (Å²) in [6, 6.07) is 7.14. The van der Waals surface area contributed by atoms with Crippen LogP contribution in [0.25, 0.3) is 0 Å². The van der Waals surface area contributed by atoms with Gasteiger partial charge in [0.05, 0.1) is 10.6 Å². The van der Waals surface area contributed by atoms with Crippen LogP contribution in [-0.4, -0.2) is 36.7 Å². The molecule has 0 aliphatic heterocycles. The van der Waals surface area contributed by atoms with E-state index in [2.05, 4.69) is 5.16 Å². The SMILES string of the molecule is CC(C)(C)Cc1cc(N(CCC(N)=O)C(=O)C(C)(C)S(=O)(=O)c2ccc(Cl)cc2)on1. The van der Waals surface area contributed by atoms with Gasteiger partial charge in [-0.3, -0.25) is 14.5 Å². The lowest BCUT2D eigenvalue weighted by Gasteiger charge is -2.29. The third kappa shape index (κ3) is 5.86. The van der Waals surface area contributed by atoms with E-state index in [1.807, 2.05) is 20.8 Å². The van der Waals surface area contributed by atoms with E-state index >= 15 is 0 Å². The molecular weight excluding hydrogens is 442 g/mol. The quantitative estimate of drug-likeness (QED) is 0.632. The first-order valence-electron chi connectivity index (χ1n) is 9.71. The van der Waals surface area contributed by atoms with Crippen LogP contribution >= 0.6 is 11.6 Å². The minimum atomic E-state index is -4.10. The third-order valence-electron chi connectivity index (χ3n) is 4.66. The highest BCUT2D eigenvalue weighted by Gasteiger charge is 2.46. The summed E-state index contributed by atoms with van der Waals surface area (Å²) in [5.74, 6) is -1.34.